The van der Waals surface area contributed by atoms with Crippen molar-refractivity contribution in [3.05, 3.63) is 45.4 Å². The Balaban J connectivity index is 1.81. The highest BCUT2D eigenvalue weighted by atomic mass is 79.9. The zero-order valence-corrected chi connectivity index (χ0v) is 12.3. The number of aromatic nitrogens is 1. The molecule has 0 fully saturated rings. The van der Waals surface area contributed by atoms with Gasteiger partial charge in [0.15, 0.2) is 11.2 Å². The summed E-state index contributed by atoms with van der Waals surface area (Å²) in [7, 11) is 0. The maximum atomic E-state index is 12.3. The molecule has 2 aromatic rings. The monoisotopic (exact) mass is 338 g/mol. The molecule has 1 aromatic carbocycles. The van der Waals surface area contributed by atoms with Crippen LogP contribution in [0.25, 0.3) is 0 Å². The third kappa shape index (κ3) is 2.70. The van der Waals surface area contributed by atoms with E-state index in [-0.39, 0.29) is 5.91 Å². The Morgan fingerprint density at radius 3 is 3.11 bits per heavy atom. The van der Waals surface area contributed by atoms with Crippen molar-refractivity contribution in [2.75, 3.05) is 11.9 Å². The average Bonchev–Trinajstić information content (AvgIpc) is 2.83. The van der Waals surface area contributed by atoms with Gasteiger partial charge in [0.25, 0.3) is 5.91 Å². The molecule has 0 radical (unpaired) electrons. The highest BCUT2D eigenvalue weighted by molar-refractivity contribution is 9.11. The Labute approximate surface area is 122 Å². The molecule has 1 aliphatic heterocycles. The van der Waals surface area contributed by atoms with E-state index in [9.17, 15) is 4.79 Å². The van der Waals surface area contributed by atoms with Crippen LogP contribution in [0.2, 0.25) is 0 Å². The Bertz CT molecular complexity index is 614. The van der Waals surface area contributed by atoms with Gasteiger partial charge in [0, 0.05) is 0 Å². The smallest absolute Gasteiger partial charge is 0.259 e. The van der Waals surface area contributed by atoms with Crippen LogP contribution >= 0.6 is 27.3 Å². The lowest BCUT2D eigenvalue weighted by atomic mass is 9.97. The summed E-state index contributed by atoms with van der Waals surface area (Å²) in [4.78, 5) is 16.3. The van der Waals surface area contributed by atoms with Crippen LogP contribution in [0.15, 0.2) is 34.2 Å². The second-order valence-corrected chi connectivity index (χ2v) is 6.57. The van der Waals surface area contributed by atoms with Gasteiger partial charge in [-0.2, -0.15) is 0 Å². The fourth-order valence-electron chi connectivity index (χ4n) is 2.09. The van der Waals surface area contributed by atoms with Gasteiger partial charge in [0.05, 0.1) is 16.6 Å². The van der Waals surface area contributed by atoms with Crippen LogP contribution in [0.1, 0.15) is 17.2 Å². The minimum atomic E-state index is -0.548. The van der Waals surface area contributed by atoms with E-state index in [0.29, 0.717) is 11.7 Å². The third-order valence-corrected chi connectivity index (χ3v) is 4.33. The van der Waals surface area contributed by atoms with E-state index in [1.165, 1.54) is 16.9 Å². The molecule has 0 aliphatic carbocycles. The molecule has 0 spiro atoms. The molecule has 1 atom stereocenters. The molecule has 0 saturated heterocycles. The van der Waals surface area contributed by atoms with Gasteiger partial charge in [-0.15, -0.1) is 0 Å². The van der Waals surface area contributed by atoms with Gasteiger partial charge in [0.2, 0.25) is 0 Å². The average molecular weight is 339 g/mol. The highest BCUT2D eigenvalue weighted by Gasteiger charge is 2.27. The van der Waals surface area contributed by atoms with Crippen molar-refractivity contribution in [1.82, 2.24) is 4.98 Å². The molecule has 1 unspecified atom stereocenters. The molecule has 1 N–H and O–H groups in total. The van der Waals surface area contributed by atoms with Crippen LogP contribution < -0.4 is 5.32 Å². The van der Waals surface area contributed by atoms with Crippen molar-refractivity contribution in [2.45, 2.75) is 12.5 Å². The van der Waals surface area contributed by atoms with Crippen LogP contribution in [0.5, 0.6) is 0 Å². The fourth-order valence-corrected chi connectivity index (χ4v) is 3.20. The number of carbonyl (C=O) groups excluding carboxylic acids is 1. The van der Waals surface area contributed by atoms with Gasteiger partial charge in [0.1, 0.15) is 0 Å². The molecule has 6 heteroatoms. The van der Waals surface area contributed by atoms with Crippen LogP contribution in [0.3, 0.4) is 0 Å². The van der Waals surface area contributed by atoms with Crippen LogP contribution in [0, 0.1) is 0 Å². The lowest BCUT2D eigenvalue weighted by molar-refractivity contribution is -0.128. The molecule has 19 heavy (non-hydrogen) atoms. The summed E-state index contributed by atoms with van der Waals surface area (Å²) < 4.78 is 6.48. The maximum absolute atomic E-state index is 12.3. The number of nitrogens with one attached hydrogen (secondary N) is 1. The molecular weight excluding hydrogens is 328 g/mol. The van der Waals surface area contributed by atoms with E-state index in [0.717, 1.165) is 15.8 Å². The first-order chi connectivity index (χ1) is 9.24. The van der Waals surface area contributed by atoms with Crippen molar-refractivity contribution in [3.63, 3.8) is 0 Å². The van der Waals surface area contributed by atoms with E-state index in [2.05, 4.69) is 26.2 Å². The number of rotatable bonds is 2. The quantitative estimate of drug-likeness (QED) is 0.914. The first-order valence-electron chi connectivity index (χ1n) is 5.85. The lowest BCUT2D eigenvalue weighted by Gasteiger charge is -2.24. The number of benzene rings is 1. The number of thiazole rings is 1. The number of fused-ring (bicyclic) bond motifs is 1. The SMILES string of the molecule is O=C(Nc1ncc(Br)s1)C1OCCc2ccccc21. The van der Waals surface area contributed by atoms with Crippen molar-refractivity contribution in [2.24, 2.45) is 0 Å². The van der Waals surface area contributed by atoms with Crippen molar-refractivity contribution in [1.29, 1.82) is 0 Å². The summed E-state index contributed by atoms with van der Waals surface area (Å²) in [6, 6.07) is 7.89. The number of ether oxygens (including phenoxy) is 1. The summed E-state index contributed by atoms with van der Waals surface area (Å²) in [6.07, 6.45) is 1.96. The van der Waals surface area contributed by atoms with Crippen LogP contribution in [0.4, 0.5) is 5.13 Å². The molecule has 4 nitrogen and oxygen atoms in total. The zero-order chi connectivity index (χ0) is 13.2. The lowest BCUT2D eigenvalue weighted by Crippen LogP contribution is -2.28. The Morgan fingerprint density at radius 2 is 2.32 bits per heavy atom. The molecule has 1 aromatic heterocycles. The normalized spacial score (nSPS) is 17.8. The largest absolute Gasteiger partial charge is 0.363 e. The number of hydrogen-bond acceptors (Lipinski definition) is 4. The van der Waals surface area contributed by atoms with E-state index in [1.54, 1.807) is 6.20 Å². The van der Waals surface area contributed by atoms with Gasteiger partial charge in [-0.1, -0.05) is 35.6 Å². The fraction of sp³-hybridized carbons (Fsp3) is 0.231. The number of halogens is 1. The summed E-state index contributed by atoms with van der Waals surface area (Å²) in [5, 5.41) is 3.36. The standard InChI is InChI=1S/C13H11BrN2O2S/c14-10-7-15-13(19-10)16-12(17)11-9-4-2-1-3-8(9)5-6-18-11/h1-4,7,11H,5-6H2,(H,15,16,17). The minimum absolute atomic E-state index is 0.172. The van der Waals surface area contributed by atoms with E-state index in [4.69, 9.17) is 4.74 Å². The molecule has 1 aliphatic rings. The summed E-state index contributed by atoms with van der Waals surface area (Å²) in [5.41, 5.74) is 2.12. The first kappa shape index (κ1) is 12.8. The molecule has 0 bridgehead atoms. The Hall–Kier alpha value is -1.24. The number of nitrogens with zero attached hydrogens (tertiary/aromatic N) is 1. The molecular formula is C13H11BrN2O2S. The zero-order valence-electron chi connectivity index (χ0n) is 9.93. The van der Waals surface area contributed by atoms with Gasteiger partial charge in [-0.25, -0.2) is 4.98 Å². The number of anilines is 1. The van der Waals surface area contributed by atoms with Gasteiger partial charge in [-0.3, -0.25) is 10.1 Å². The van der Waals surface area contributed by atoms with Crippen molar-refractivity contribution in [3.8, 4) is 0 Å². The van der Waals surface area contributed by atoms with Crippen LogP contribution in [-0.4, -0.2) is 17.5 Å². The highest BCUT2D eigenvalue weighted by Crippen LogP contribution is 2.29. The van der Waals surface area contributed by atoms with Gasteiger partial charge >= 0.3 is 0 Å². The van der Waals surface area contributed by atoms with E-state index >= 15 is 0 Å². The first-order valence-corrected chi connectivity index (χ1v) is 7.46. The molecule has 3 rings (SSSR count). The summed E-state index contributed by atoms with van der Waals surface area (Å²) >= 11 is 4.70. The summed E-state index contributed by atoms with van der Waals surface area (Å²) in [6.45, 7) is 0.566. The number of carbonyl (C=O) groups is 1. The number of hydrogen-bond donors (Lipinski definition) is 1. The molecule has 2 heterocycles. The number of amides is 1. The van der Waals surface area contributed by atoms with Crippen molar-refractivity contribution >= 4 is 38.3 Å². The minimum Gasteiger partial charge on any atom is -0.363 e. The Morgan fingerprint density at radius 1 is 1.47 bits per heavy atom. The van der Waals surface area contributed by atoms with E-state index < -0.39 is 6.10 Å². The van der Waals surface area contributed by atoms with E-state index in [1.807, 2.05) is 24.3 Å². The third-order valence-electron chi connectivity index (χ3n) is 2.94. The maximum Gasteiger partial charge on any atom is 0.259 e. The Kier molecular flexibility index (Phi) is 3.63. The molecule has 98 valence electrons. The topological polar surface area (TPSA) is 51.2 Å². The molecule has 1 amide bonds. The van der Waals surface area contributed by atoms with Gasteiger partial charge in [-0.05, 0) is 33.5 Å². The second kappa shape index (κ2) is 5.40. The predicted molar refractivity (Wildman–Crippen MR) is 77.3 cm³/mol. The van der Waals surface area contributed by atoms with Crippen LogP contribution in [-0.2, 0) is 16.0 Å². The molecule has 0 saturated carbocycles. The second-order valence-electron chi connectivity index (χ2n) is 4.16. The predicted octanol–water partition coefficient (Wildman–Crippen LogP) is 3.16. The van der Waals surface area contributed by atoms with Gasteiger partial charge < -0.3 is 4.74 Å². The van der Waals surface area contributed by atoms with Crippen molar-refractivity contribution < 1.29 is 9.53 Å². The summed E-state index contributed by atoms with van der Waals surface area (Å²) in [5.74, 6) is -0.172.